The molecule has 2 atom stereocenters. The molecule has 1 saturated heterocycles. The van der Waals surface area contributed by atoms with Gasteiger partial charge < -0.3 is 5.32 Å². The van der Waals surface area contributed by atoms with Crippen LogP contribution < -0.4 is 5.32 Å². The standard InChI is InChI=1S/C11H20ClNOS/c1-2-9(6-7-12)13-11(14)10-5-3-4-8-15-10/h9-10H,2-8H2,1H3,(H,13,14). The summed E-state index contributed by atoms with van der Waals surface area (Å²) in [5, 5.41) is 3.28. The second-order valence-corrected chi connectivity index (χ2v) is 5.64. The summed E-state index contributed by atoms with van der Waals surface area (Å²) in [6.45, 7) is 2.09. The molecule has 0 aromatic rings. The molecule has 0 radical (unpaired) electrons. The topological polar surface area (TPSA) is 29.1 Å². The molecule has 2 unspecified atom stereocenters. The van der Waals surface area contributed by atoms with E-state index < -0.39 is 0 Å². The normalized spacial score (nSPS) is 23.5. The summed E-state index contributed by atoms with van der Waals surface area (Å²) < 4.78 is 0. The van der Waals surface area contributed by atoms with Crippen LogP contribution in [0.25, 0.3) is 0 Å². The van der Waals surface area contributed by atoms with Crippen molar-refractivity contribution in [1.82, 2.24) is 5.32 Å². The summed E-state index contributed by atoms with van der Waals surface area (Å²) in [5.41, 5.74) is 0. The Morgan fingerprint density at radius 1 is 1.60 bits per heavy atom. The minimum absolute atomic E-state index is 0.183. The number of halogens is 1. The maximum Gasteiger partial charge on any atom is 0.233 e. The maximum atomic E-state index is 11.9. The molecule has 15 heavy (non-hydrogen) atoms. The van der Waals surface area contributed by atoms with Crippen molar-refractivity contribution in [3.63, 3.8) is 0 Å². The lowest BCUT2D eigenvalue weighted by atomic mass is 10.1. The van der Waals surface area contributed by atoms with Crippen LogP contribution in [0.3, 0.4) is 0 Å². The maximum absolute atomic E-state index is 11.9. The molecule has 0 aromatic carbocycles. The predicted molar refractivity (Wildman–Crippen MR) is 67.7 cm³/mol. The molecule has 1 heterocycles. The van der Waals surface area contributed by atoms with E-state index in [1.165, 1.54) is 12.8 Å². The van der Waals surface area contributed by atoms with Crippen molar-refractivity contribution in [2.24, 2.45) is 0 Å². The molecule has 88 valence electrons. The summed E-state index contributed by atoms with van der Waals surface area (Å²) in [6.07, 6.45) is 5.33. The van der Waals surface area contributed by atoms with E-state index in [9.17, 15) is 4.79 Å². The number of rotatable bonds is 5. The highest BCUT2D eigenvalue weighted by Gasteiger charge is 2.23. The van der Waals surface area contributed by atoms with Crippen molar-refractivity contribution in [2.75, 3.05) is 11.6 Å². The molecular weight excluding hydrogens is 230 g/mol. The average molecular weight is 250 g/mol. The van der Waals surface area contributed by atoms with Gasteiger partial charge in [0.05, 0.1) is 5.25 Å². The molecule has 1 aliphatic heterocycles. The molecule has 1 rings (SSSR count). The lowest BCUT2D eigenvalue weighted by molar-refractivity contribution is -0.121. The zero-order valence-electron chi connectivity index (χ0n) is 9.30. The molecular formula is C11H20ClNOS. The van der Waals surface area contributed by atoms with Crippen LogP contribution in [0.5, 0.6) is 0 Å². The van der Waals surface area contributed by atoms with Crippen molar-refractivity contribution < 1.29 is 4.79 Å². The smallest absolute Gasteiger partial charge is 0.233 e. The Bertz CT molecular complexity index is 195. The van der Waals surface area contributed by atoms with Gasteiger partial charge in [-0.05, 0) is 31.4 Å². The number of hydrogen-bond acceptors (Lipinski definition) is 2. The summed E-state index contributed by atoms with van der Waals surface area (Å²) in [6, 6.07) is 0.262. The lowest BCUT2D eigenvalue weighted by Gasteiger charge is -2.23. The zero-order chi connectivity index (χ0) is 11.1. The Morgan fingerprint density at radius 2 is 2.40 bits per heavy atom. The van der Waals surface area contributed by atoms with Crippen LogP contribution >= 0.6 is 23.4 Å². The van der Waals surface area contributed by atoms with E-state index in [1.54, 1.807) is 11.8 Å². The molecule has 2 nitrogen and oxygen atoms in total. The van der Waals surface area contributed by atoms with Gasteiger partial charge in [-0.2, -0.15) is 0 Å². The van der Waals surface area contributed by atoms with Crippen LogP contribution in [0.2, 0.25) is 0 Å². The second-order valence-electron chi connectivity index (χ2n) is 3.95. The van der Waals surface area contributed by atoms with E-state index in [4.69, 9.17) is 11.6 Å². The van der Waals surface area contributed by atoms with Gasteiger partial charge in [0.15, 0.2) is 0 Å². The first-order chi connectivity index (χ1) is 7.27. The Morgan fingerprint density at radius 3 is 2.93 bits per heavy atom. The van der Waals surface area contributed by atoms with Gasteiger partial charge in [0.1, 0.15) is 0 Å². The van der Waals surface area contributed by atoms with Gasteiger partial charge in [0, 0.05) is 11.9 Å². The van der Waals surface area contributed by atoms with Crippen molar-refractivity contribution in [3.8, 4) is 0 Å². The minimum Gasteiger partial charge on any atom is -0.352 e. The molecule has 0 bridgehead atoms. The van der Waals surface area contributed by atoms with Crippen LogP contribution in [0.1, 0.15) is 39.0 Å². The van der Waals surface area contributed by atoms with Crippen LogP contribution in [0.4, 0.5) is 0 Å². The minimum atomic E-state index is 0.183. The SMILES string of the molecule is CCC(CCCl)NC(=O)C1CCCCS1. The first-order valence-electron chi connectivity index (χ1n) is 5.75. The van der Waals surface area contributed by atoms with Crippen LogP contribution in [-0.4, -0.2) is 28.8 Å². The molecule has 1 aliphatic rings. The zero-order valence-corrected chi connectivity index (χ0v) is 10.9. The second kappa shape index (κ2) is 7.39. The number of hydrogen-bond donors (Lipinski definition) is 1. The molecule has 1 fully saturated rings. The highest BCUT2D eigenvalue weighted by atomic mass is 35.5. The highest BCUT2D eigenvalue weighted by molar-refractivity contribution is 8.00. The fourth-order valence-electron chi connectivity index (χ4n) is 1.75. The third kappa shape index (κ3) is 4.64. The van der Waals surface area contributed by atoms with E-state index in [1.807, 2.05) is 0 Å². The highest BCUT2D eigenvalue weighted by Crippen LogP contribution is 2.25. The van der Waals surface area contributed by atoms with Crippen LogP contribution in [0.15, 0.2) is 0 Å². The Hall–Kier alpha value is 0.110. The number of alkyl halides is 1. The van der Waals surface area contributed by atoms with Gasteiger partial charge in [-0.25, -0.2) is 0 Å². The van der Waals surface area contributed by atoms with E-state index in [2.05, 4.69) is 12.2 Å². The third-order valence-electron chi connectivity index (χ3n) is 2.77. The van der Waals surface area contributed by atoms with Crippen LogP contribution in [0, 0.1) is 0 Å². The first kappa shape index (κ1) is 13.2. The molecule has 0 saturated carbocycles. The monoisotopic (exact) mass is 249 g/mol. The molecule has 1 N–H and O–H groups in total. The summed E-state index contributed by atoms with van der Waals surface area (Å²) >= 11 is 7.48. The van der Waals surface area contributed by atoms with Gasteiger partial charge in [-0.15, -0.1) is 23.4 Å². The lowest BCUT2D eigenvalue weighted by Crippen LogP contribution is -2.41. The van der Waals surface area contributed by atoms with Gasteiger partial charge >= 0.3 is 0 Å². The van der Waals surface area contributed by atoms with Gasteiger partial charge in [0.25, 0.3) is 0 Å². The molecule has 4 heteroatoms. The number of carbonyl (C=O) groups excluding carboxylic acids is 1. The third-order valence-corrected chi connectivity index (χ3v) is 4.36. The largest absolute Gasteiger partial charge is 0.352 e. The summed E-state index contributed by atoms with van der Waals surface area (Å²) in [7, 11) is 0. The van der Waals surface area contributed by atoms with Crippen LogP contribution in [-0.2, 0) is 4.79 Å². The van der Waals surface area contributed by atoms with E-state index >= 15 is 0 Å². The van der Waals surface area contributed by atoms with Gasteiger partial charge in [-0.3, -0.25) is 4.79 Å². The van der Waals surface area contributed by atoms with Crippen molar-refractivity contribution >= 4 is 29.3 Å². The Kier molecular flexibility index (Phi) is 6.50. The predicted octanol–water partition coefficient (Wildman–Crippen LogP) is 2.80. The number of carbonyl (C=O) groups is 1. The quantitative estimate of drug-likeness (QED) is 0.760. The van der Waals surface area contributed by atoms with E-state index in [0.29, 0.717) is 5.88 Å². The summed E-state index contributed by atoms with van der Waals surface area (Å²) in [5.74, 6) is 1.97. The molecule has 1 amide bonds. The van der Waals surface area contributed by atoms with Gasteiger partial charge in [0.2, 0.25) is 5.91 Å². The first-order valence-corrected chi connectivity index (χ1v) is 7.34. The molecule has 0 aromatic heterocycles. The van der Waals surface area contributed by atoms with E-state index in [-0.39, 0.29) is 17.2 Å². The fraction of sp³-hybridized carbons (Fsp3) is 0.909. The van der Waals surface area contributed by atoms with Gasteiger partial charge in [-0.1, -0.05) is 13.3 Å². The Balaban J connectivity index is 2.31. The molecule has 0 aliphatic carbocycles. The Labute approximate surface area is 102 Å². The molecule has 0 spiro atoms. The average Bonchev–Trinajstić information content (AvgIpc) is 2.29. The number of thioether (sulfide) groups is 1. The van der Waals surface area contributed by atoms with Crippen molar-refractivity contribution in [1.29, 1.82) is 0 Å². The van der Waals surface area contributed by atoms with Crippen molar-refractivity contribution in [3.05, 3.63) is 0 Å². The number of nitrogens with one attached hydrogen (secondary N) is 1. The number of amides is 1. The van der Waals surface area contributed by atoms with E-state index in [0.717, 1.165) is 25.0 Å². The fourth-order valence-corrected chi connectivity index (χ4v) is 3.22. The summed E-state index contributed by atoms with van der Waals surface area (Å²) in [4.78, 5) is 11.9. The van der Waals surface area contributed by atoms with Crippen molar-refractivity contribution in [2.45, 2.75) is 50.3 Å².